The maximum absolute atomic E-state index is 13.3. The third-order valence-electron chi connectivity index (χ3n) is 7.81. The first-order valence-electron chi connectivity index (χ1n) is 15.7. The molecule has 7 nitrogen and oxygen atoms in total. The van der Waals surface area contributed by atoms with E-state index in [1.54, 1.807) is 35.2 Å². The highest BCUT2D eigenvalue weighted by Gasteiger charge is 2.23. The molecule has 5 aromatic rings. The Bertz CT molecular complexity index is 1740. The molecule has 238 valence electrons. The lowest BCUT2D eigenvalue weighted by Gasteiger charge is -2.23. The molecule has 0 radical (unpaired) electrons. The van der Waals surface area contributed by atoms with Gasteiger partial charge in [0, 0.05) is 35.3 Å². The fourth-order valence-electron chi connectivity index (χ4n) is 5.32. The van der Waals surface area contributed by atoms with E-state index in [2.05, 4.69) is 5.32 Å². The molecule has 0 aliphatic heterocycles. The van der Waals surface area contributed by atoms with Gasteiger partial charge in [0.05, 0.1) is 13.7 Å². The zero-order valence-electron chi connectivity index (χ0n) is 26.4. The summed E-state index contributed by atoms with van der Waals surface area (Å²) >= 11 is 0. The van der Waals surface area contributed by atoms with E-state index < -0.39 is 12.0 Å². The normalized spacial score (nSPS) is 11.3. The van der Waals surface area contributed by atoms with Crippen molar-refractivity contribution in [1.29, 1.82) is 0 Å². The Morgan fingerprint density at radius 2 is 1.32 bits per heavy atom. The van der Waals surface area contributed by atoms with Gasteiger partial charge < -0.3 is 19.7 Å². The number of hydrogen-bond acceptors (Lipinski definition) is 6. The smallest absolute Gasteiger partial charge is 0.328 e. The maximum atomic E-state index is 13.3. The number of ketones is 1. The first-order chi connectivity index (χ1) is 23.0. The number of hydrogen-bond donors (Lipinski definition) is 1. The SMILES string of the molecule is COC(=O)[C@H](Cc1ccc(OCCN(C(=O)CCc2ccccc2)c2ccccc2)cc1)Nc1ccccc1C(=O)c1ccccc1. The number of benzene rings is 5. The second kappa shape index (κ2) is 16.6. The van der Waals surface area contributed by atoms with Crippen LogP contribution in [0.1, 0.15) is 33.5 Å². The summed E-state index contributed by atoms with van der Waals surface area (Å²) in [6, 6.07) is 42.6. The van der Waals surface area contributed by atoms with E-state index in [1.807, 2.05) is 109 Å². The van der Waals surface area contributed by atoms with Gasteiger partial charge >= 0.3 is 5.97 Å². The average molecular weight is 627 g/mol. The zero-order chi connectivity index (χ0) is 32.8. The van der Waals surface area contributed by atoms with Crippen molar-refractivity contribution in [3.63, 3.8) is 0 Å². The summed E-state index contributed by atoms with van der Waals surface area (Å²) in [7, 11) is 1.35. The van der Waals surface area contributed by atoms with Crippen LogP contribution in [0.25, 0.3) is 0 Å². The van der Waals surface area contributed by atoms with Crippen molar-refractivity contribution in [2.75, 3.05) is 30.5 Å². The summed E-state index contributed by atoms with van der Waals surface area (Å²) < 4.78 is 11.1. The van der Waals surface area contributed by atoms with Crippen molar-refractivity contribution >= 4 is 29.0 Å². The number of ether oxygens (including phenoxy) is 2. The molecule has 0 aromatic heterocycles. The van der Waals surface area contributed by atoms with Crippen LogP contribution in [0.4, 0.5) is 11.4 Å². The Kier molecular flexibility index (Phi) is 11.5. The van der Waals surface area contributed by atoms with E-state index in [1.165, 1.54) is 7.11 Å². The molecule has 1 amide bonds. The molecule has 47 heavy (non-hydrogen) atoms. The van der Waals surface area contributed by atoms with Crippen molar-refractivity contribution < 1.29 is 23.9 Å². The zero-order valence-corrected chi connectivity index (χ0v) is 26.4. The van der Waals surface area contributed by atoms with Crippen molar-refractivity contribution in [2.45, 2.75) is 25.3 Å². The molecule has 0 unspecified atom stereocenters. The molecule has 5 rings (SSSR count). The van der Waals surface area contributed by atoms with Gasteiger partial charge in [0.15, 0.2) is 5.78 Å². The summed E-state index contributed by atoms with van der Waals surface area (Å²) in [5.74, 6) is 0.111. The van der Waals surface area contributed by atoms with Gasteiger partial charge in [0.25, 0.3) is 0 Å². The Labute approximate surface area is 275 Å². The number of carbonyl (C=O) groups is 3. The highest BCUT2D eigenvalue weighted by atomic mass is 16.5. The number of esters is 1. The topological polar surface area (TPSA) is 84.9 Å². The molecule has 0 aliphatic rings. The number of methoxy groups -OCH3 is 1. The van der Waals surface area contributed by atoms with Gasteiger partial charge in [-0.05, 0) is 53.9 Å². The van der Waals surface area contributed by atoms with Crippen molar-refractivity contribution in [3.05, 3.63) is 162 Å². The van der Waals surface area contributed by atoms with Crippen LogP contribution in [0.5, 0.6) is 5.75 Å². The highest BCUT2D eigenvalue weighted by Crippen LogP contribution is 2.23. The van der Waals surface area contributed by atoms with Crippen LogP contribution in [0.2, 0.25) is 0 Å². The van der Waals surface area contributed by atoms with E-state index in [0.29, 0.717) is 55.0 Å². The monoisotopic (exact) mass is 626 g/mol. The van der Waals surface area contributed by atoms with Crippen LogP contribution in [0.3, 0.4) is 0 Å². The van der Waals surface area contributed by atoms with Gasteiger partial charge in [-0.3, -0.25) is 9.59 Å². The van der Waals surface area contributed by atoms with Crippen molar-refractivity contribution in [1.82, 2.24) is 0 Å². The Morgan fingerprint density at radius 3 is 2.00 bits per heavy atom. The fourth-order valence-corrected chi connectivity index (χ4v) is 5.32. The fraction of sp³-hybridized carbons (Fsp3) is 0.175. The average Bonchev–Trinajstić information content (AvgIpc) is 3.13. The molecule has 0 aliphatic carbocycles. The molecular formula is C40H38N2O5. The second-order valence-corrected chi connectivity index (χ2v) is 11.0. The molecule has 1 N–H and O–H groups in total. The minimum absolute atomic E-state index is 0.0346. The van der Waals surface area contributed by atoms with Crippen LogP contribution in [-0.2, 0) is 27.2 Å². The lowest BCUT2D eigenvalue weighted by molar-refractivity contribution is -0.141. The first-order valence-corrected chi connectivity index (χ1v) is 15.7. The number of nitrogens with zero attached hydrogens (tertiary/aromatic N) is 1. The summed E-state index contributed by atoms with van der Waals surface area (Å²) in [6.45, 7) is 0.707. The number of carbonyl (C=O) groups excluding carboxylic acids is 3. The van der Waals surface area contributed by atoms with Crippen LogP contribution in [0.15, 0.2) is 140 Å². The molecule has 7 heteroatoms. The summed E-state index contributed by atoms with van der Waals surface area (Å²) in [6.07, 6.45) is 1.40. The third-order valence-corrected chi connectivity index (χ3v) is 7.81. The van der Waals surface area contributed by atoms with E-state index in [-0.39, 0.29) is 11.7 Å². The van der Waals surface area contributed by atoms with E-state index >= 15 is 0 Å². The van der Waals surface area contributed by atoms with Gasteiger partial charge in [-0.25, -0.2) is 4.79 Å². The van der Waals surface area contributed by atoms with Gasteiger partial charge in [-0.1, -0.05) is 103 Å². The van der Waals surface area contributed by atoms with Gasteiger partial charge in [-0.15, -0.1) is 0 Å². The molecule has 0 spiro atoms. The minimum Gasteiger partial charge on any atom is -0.492 e. The highest BCUT2D eigenvalue weighted by molar-refractivity contribution is 6.12. The van der Waals surface area contributed by atoms with E-state index in [4.69, 9.17) is 9.47 Å². The lowest BCUT2D eigenvalue weighted by Crippen LogP contribution is -2.34. The molecule has 0 bridgehead atoms. The largest absolute Gasteiger partial charge is 0.492 e. The Morgan fingerprint density at radius 1 is 0.702 bits per heavy atom. The number of aryl methyl sites for hydroxylation is 1. The minimum atomic E-state index is -0.724. The van der Waals surface area contributed by atoms with Gasteiger partial charge in [0.2, 0.25) is 5.91 Å². The van der Waals surface area contributed by atoms with E-state index in [0.717, 1.165) is 16.8 Å². The Hall–Kier alpha value is -5.69. The van der Waals surface area contributed by atoms with Crippen LogP contribution < -0.4 is 15.0 Å². The predicted molar refractivity (Wildman–Crippen MR) is 185 cm³/mol. The standard InChI is InChI=1S/C40H38N2O5/c1-46-40(45)37(41-36-20-12-11-19-35(36)39(44)32-15-7-3-8-16-32)29-31-21-24-34(25-22-31)47-28-27-42(33-17-9-4-10-18-33)38(43)26-23-30-13-5-2-6-14-30/h2-22,24-25,37,41H,23,26-29H2,1H3/t37-/m0/s1. The maximum Gasteiger partial charge on any atom is 0.328 e. The number of amides is 1. The van der Waals surface area contributed by atoms with E-state index in [9.17, 15) is 14.4 Å². The third kappa shape index (κ3) is 9.17. The number of para-hydroxylation sites is 2. The van der Waals surface area contributed by atoms with Crippen LogP contribution >= 0.6 is 0 Å². The molecule has 0 fully saturated rings. The number of rotatable bonds is 15. The lowest BCUT2D eigenvalue weighted by atomic mass is 10.00. The van der Waals surface area contributed by atoms with Crippen LogP contribution in [0, 0.1) is 0 Å². The summed E-state index contributed by atoms with van der Waals surface area (Å²) in [4.78, 5) is 41.1. The Balaban J connectivity index is 1.20. The number of nitrogens with one attached hydrogen (secondary N) is 1. The molecule has 0 heterocycles. The van der Waals surface area contributed by atoms with Crippen molar-refractivity contribution in [3.8, 4) is 5.75 Å². The summed E-state index contributed by atoms with van der Waals surface area (Å²) in [5.41, 5.74) is 4.43. The van der Waals surface area contributed by atoms with Gasteiger partial charge in [-0.2, -0.15) is 0 Å². The molecule has 1 atom stereocenters. The molecule has 0 saturated heterocycles. The van der Waals surface area contributed by atoms with Gasteiger partial charge in [0.1, 0.15) is 18.4 Å². The predicted octanol–water partition coefficient (Wildman–Crippen LogP) is 7.16. The summed E-state index contributed by atoms with van der Waals surface area (Å²) in [5, 5.41) is 3.24. The first kappa shape index (κ1) is 32.7. The number of anilines is 2. The molecule has 0 saturated carbocycles. The second-order valence-electron chi connectivity index (χ2n) is 11.0. The molecule has 5 aromatic carbocycles. The quantitative estimate of drug-likeness (QED) is 0.0981. The van der Waals surface area contributed by atoms with Crippen LogP contribution in [-0.4, -0.2) is 44.0 Å². The molecular weight excluding hydrogens is 588 g/mol. The van der Waals surface area contributed by atoms with Crippen molar-refractivity contribution in [2.24, 2.45) is 0 Å².